The molecule has 5 rings (SSSR count). The molecule has 1 aliphatic heterocycles. The summed E-state index contributed by atoms with van der Waals surface area (Å²) >= 11 is 6.13. The summed E-state index contributed by atoms with van der Waals surface area (Å²) in [5.74, 6) is -0.535. The number of ether oxygens (including phenoxy) is 1. The third kappa shape index (κ3) is 5.05. The molecule has 0 radical (unpaired) electrons. The summed E-state index contributed by atoms with van der Waals surface area (Å²) in [6.07, 6.45) is 10.5. The Labute approximate surface area is 195 Å². The van der Waals surface area contributed by atoms with E-state index in [9.17, 15) is 0 Å². The van der Waals surface area contributed by atoms with Gasteiger partial charge in [0.15, 0.2) is 0 Å². The predicted molar refractivity (Wildman–Crippen MR) is 127 cm³/mol. The van der Waals surface area contributed by atoms with Crippen LogP contribution in [0.1, 0.15) is 65.2 Å². The van der Waals surface area contributed by atoms with E-state index in [-0.39, 0.29) is 5.60 Å². The Morgan fingerprint density at radius 1 is 0.938 bits per heavy atom. The lowest BCUT2D eigenvalue weighted by atomic mass is 9.86. The molecule has 0 unspecified atom stereocenters. The Balaban J connectivity index is 1.09. The quantitative estimate of drug-likeness (QED) is 0.580. The van der Waals surface area contributed by atoms with E-state index in [4.69, 9.17) is 26.1 Å². The molecular weight excluding hydrogens is 426 g/mol. The van der Waals surface area contributed by atoms with Gasteiger partial charge in [-0.2, -0.15) is 0 Å². The molecule has 2 N–H and O–H groups in total. The van der Waals surface area contributed by atoms with Crippen LogP contribution in [-0.2, 0) is 14.5 Å². The third-order valence-corrected chi connectivity index (χ3v) is 7.35. The summed E-state index contributed by atoms with van der Waals surface area (Å²) < 4.78 is 6.07. The smallest absolute Gasteiger partial charge is 0.201 e. The van der Waals surface area contributed by atoms with Gasteiger partial charge in [-0.05, 0) is 76.6 Å². The molecule has 2 saturated carbocycles. The molecule has 1 aromatic heterocycles. The Bertz CT molecular complexity index is 925. The summed E-state index contributed by atoms with van der Waals surface area (Å²) in [5.41, 5.74) is 1.73. The van der Waals surface area contributed by atoms with Gasteiger partial charge in [0, 0.05) is 53.3 Å². The van der Waals surface area contributed by atoms with Gasteiger partial charge in [0.1, 0.15) is 5.60 Å². The number of fused-ring (bicyclic) bond motifs is 1. The topological polar surface area (TPSA) is 64.6 Å². The molecule has 2 aliphatic carbocycles. The minimum Gasteiger partial charge on any atom is -0.382 e. The summed E-state index contributed by atoms with van der Waals surface area (Å²) in [6.45, 7) is 4.57. The van der Waals surface area contributed by atoms with Crippen LogP contribution in [0.15, 0.2) is 30.5 Å². The van der Waals surface area contributed by atoms with Gasteiger partial charge in [0.25, 0.3) is 0 Å². The molecule has 1 saturated heterocycles. The molecule has 0 amide bonds. The number of benzene rings is 1. The van der Waals surface area contributed by atoms with Crippen LogP contribution >= 0.6 is 11.6 Å². The molecule has 2 heterocycles. The minimum atomic E-state index is -0.535. The molecule has 0 bridgehead atoms. The van der Waals surface area contributed by atoms with E-state index in [1.807, 2.05) is 32.2 Å². The number of aromatic nitrogens is 1. The molecule has 32 heavy (non-hydrogen) atoms. The van der Waals surface area contributed by atoms with Crippen molar-refractivity contribution in [2.24, 2.45) is 0 Å². The number of halogens is 1. The first-order chi connectivity index (χ1) is 15.4. The molecule has 0 atom stereocenters. The first kappa shape index (κ1) is 22.4. The highest BCUT2D eigenvalue weighted by atomic mass is 35.5. The standard InChI is InChI=1S/C25H34ClN3O3/c1-24(2)16-30-25(32-31-24)12-9-20(10-13-25)28-18-4-6-19(7-5-18)29-22-11-14-27-23-15-17(26)3-8-21(22)23/h3,8,11,14-15,18-20,28H,4-7,9-10,12-13,16H2,1-2H3,(H,27,29)/t18-,19+,20?,25?. The zero-order chi connectivity index (χ0) is 22.2. The van der Waals surface area contributed by atoms with Crippen molar-refractivity contribution >= 4 is 28.2 Å². The van der Waals surface area contributed by atoms with Gasteiger partial charge in [-0.1, -0.05) is 11.6 Å². The van der Waals surface area contributed by atoms with Crippen LogP contribution in [0.3, 0.4) is 0 Å². The lowest BCUT2D eigenvalue weighted by Gasteiger charge is -2.45. The zero-order valence-corrected chi connectivity index (χ0v) is 19.8. The molecule has 6 nitrogen and oxygen atoms in total. The summed E-state index contributed by atoms with van der Waals surface area (Å²) in [7, 11) is 0. The van der Waals surface area contributed by atoms with E-state index in [0.717, 1.165) is 47.3 Å². The number of rotatable bonds is 4. The van der Waals surface area contributed by atoms with Gasteiger partial charge >= 0.3 is 0 Å². The molecular formula is C25H34ClN3O3. The van der Waals surface area contributed by atoms with Gasteiger partial charge in [0.05, 0.1) is 12.1 Å². The molecule has 1 aromatic carbocycles. The third-order valence-electron chi connectivity index (χ3n) is 7.11. The average Bonchev–Trinajstić information content (AvgIpc) is 2.79. The summed E-state index contributed by atoms with van der Waals surface area (Å²) in [4.78, 5) is 15.7. The molecule has 2 aromatic rings. The first-order valence-corrected chi connectivity index (χ1v) is 12.4. The predicted octanol–water partition coefficient (Wildman–Crippen LogP) is 5.60. The van der Waals surface area contributed by atoms with Gasteiger partial charge in [-0.3, -0.25) is 4.98 Å². The maximum atomic E-state index is 6.13. The number of hydrogen-bond donors (Lipinski definition) is 2. The average molecular weight is 460 g/mol. The van der Waals surface area contributed by atoms with Crippen molar-refractivity contribution in [2.75, 3.05) is 11.9 Å². The van der Waals surface area contributed by atoms with Crippen molar-refractivity contribution in [1.29, 1.82) is 0 Å². The Hall–Kier alpha value is -1.44. The minimum absolute atomic E-state index is 0.359. The molecule has 7 heteroatoms. The van der Waals surface area contributed by atoms with E-state index in [1.54, 1.807) is 0 Å². The van der Waals surface area contributed by atoms with Crippen molar-refractivity contribution < 1.29 is 14.5 Å². The van der Waals surface area contributed by atoms with E-state index in [0.29, 0.717) is 24.7 Å². The van der Waals surface area contributed by atoms with Gasteiger partial charge in [-0.15, -0.1) is 0 Å². The molecule has 1 spiro atoms. The maximum Gasteiger partial charge on any atom is 0.201 e. The largest absolute Gasteiger partial charge is 0.382 e. The summed E-state index contributed by atoms with van der Waals surface area (Å²) in [5, 5.41) is 9.52. The number of hydrogen-bond acceptors (Lipinski definition) is 6. The van der Waals surface area contributed by atoms with Gasteiger partial charge < -0.3 is 15.4 Å². The van der Waals surface area contributed by atoms with Crippen LogP contribution in [0.25, 0.3) is 10.9 Å². The lowest BCUT2D eigenvalue weighted by Crippen LogP contribution is -2.53. The highest BCUT2D eigenvalue weighted by Gasteiger charge is 2.45. The van der Waals surface area contributed by atoms with Gasteiger partial charge in [0.2, 0.25) is 5.79 Å². The van der Waals surface area contributed by atoms with Crippen molar-refractivity contribution in [3.05, 3.63) is 35.5 Å². The van der Waals surface area contributed by atoms with Crippen molar-refractivity contribution in [1.82, 2.24) is 10.3 Å². The molecule has 3 fully saturated rings. The second-order valence-electron chi connectivity index (χ2n) is 10.3. The highest BCUT2D eigenvalue weighted by molar-refractivity contribution is 6.31. The van der Waals surface area contributed by atoms with Crippen molar-refractivity contribution in [2.45, 2.75) is 94.7 Å². The van der Waals surface area contributed by atoms with Crippen molar-refractivity contribution in [3.8, 4) is 0 Å². The second kappa shape index (κ2) is 9.07. The number of nitrogens with one attached hydrogen (secondary N) is 2. The fraction of sp³-hybridized carbons (Fsp3) is 0.640. The number of anilines is 1. The van der Waals surface area contributed by atoms with Crippen LogP contribution in [0.4, 0.5) is 5.69 Å². The van der Waals surface area contributed by atoms with E-state index < -0.39 is 5.79 Å². The SMILES string of the molecule is CC1(C)COC2(CCC(N[C@H]3CC[C@@H](Nc4ccnc5cc(Cl)ccc45)CC3)CC2)OO1. The van der Waals surface area contributed by atoms with E-state index in [2.05, 4.69) is 27.8 Å². The fourth-order valence-corrected chi connectivity index (χ4v) is 5.37. The second-order valence-corrected chi connectivity index (χ2v) is 10.7. The number of nitrogens with zero attached hydrogens (tertiary/aromatic N) is 1. The fourth-order valence-electron chi connectivity index (χ4n) is 5.20. The lowest BCUT2D eigenvalue weighted by molar-refractivity contribution is -0.511. The van der Waals surface area contributed by atoms with Crippen LogP contribution in [0.2, 0.25) is 5.02 Å². The Morgan fingerprint density at radius 2 is 1.66 bits per heavy atom. The van der Waals surface area contributed by atoms with Crippen LogP contribution in [0.5, 0.6) is 0 Å². The van der Waals surface area contributed by atoms with Crippen LogP contribution < -0.4 is 10.6 Å². The van der Waals surface area contributed by atoms with E-state index >= 15 is 0 Å². The summed E-state index contributed by atoms with van der Waals surface area (Å²) in [6, 6.07) is 9.60. The monoisotopic (exact) mass is 459 g/mol. The Morgan fingerprint density at radius 3 is 2.38 bits per heavy atom. The van der Waals surface area contributed by atoms with Crippen LogP contribution in [-0.4, -0.2) is 41.1 Å². The first-order valence-electron chi connectivity index (χ1n) is 12.0. The molecule has 3 aliphatic rings. The van der Waals surface area contributed by atoms with E-state index in [1.165, 1.54) is 25.7 Å². The van der Waals surface area contributed by atoms with Crippen LogP contribution in [0, 0.1) is 0 Å². The van der Waals surface area contributed by atoms with Crippen molar-refractivity contribution in [3.63, 3.8) is 0 Å². The number of pyridine rings is 1. The highest BCUT2D eigenvalue weighted by Crippen LogP contribution is 2.38. The maximum absolute atomic E-state index is 6.13. The molecule has 174 valence electrons. The Kier molecular flexibility index (Phi) is 6.34. The van der Waals surface area contributed by atoms with Gasteiger partial charge in [-0.25, -0.2) is 9.78 Å². The zero-order valence-electron chi connectivity index (χ0n) is 19.0. The normalized spacial score (nSPS) is 32.8.